The smallest absolute Gasteiger partial charge is 0.323 e. The summed E-state index contributed by atoms with van der Waals surface area (Å²) in [7, 11) is 0. The fourth-order valence-corrected chi connectivity index (χ4v) is 4.04. The first kappa shape index (κ1) is 29.9. The second kappa shape index (κ2) is 13.9. The molecule has 0 radical (unpaired) electrons. The van der Waals surface area contributed by atoms with Crippen LogP contribution in [0.5, 0.6) is 11.5 Å². The summed E-state index contributed by atoms with van der Waals surface area (Å²) in [4.78, 5) is 41.6. The van der Waals surface area contributed by atoms with Crippen LogP contribution < -0.4 is 25.8 Å². The molecule has 1 heterocycles. The minimum atomic E-state index is -0.824. The largest absolute Gasteiger partial charge is 0.489 e. The Morgan fingerprint density at radius 3 is 2.54 bits per heavy atom. The van der Waals surface area contributed by atoms with Crippen molar-refractivity contribution < 1.29 is 24.2 Å². The monoisotopic (exact) mass is 647 g/mol. The molecule has 0 unspecified atom stereocenters. The highest BCUT2D eigenvalue weighted by Gasteiger charge is 2.21. The van der Waals surface area contributed by atoms with Gasteiger partial charge in [0.05, 0.1) is 11.3 Å². The van der Waals surface area contributed by atoms with E-state index in [1.165, 1.54) is 0 Å². The highest BCUT2D eigenvalue weighted by molar-refractivity contribution is 14.1. The molecule has 3 rings (SSSR count). The lowest BCUT2D eigenvalue weighted by atomic mass is 10.1. The van der Waals surface area contributed by atoms with Gasteiger partial charge in [-0.25, -0.2) is 4.79 Å². The van der Waals surface area contributed by atoms with Gasteiger partial charge in [-0.05, 0) is 50.2 Å². The van der Waals surface area contributed by atoms with Gasteiger partial charge >= 0.3 is 5.69 Å². The van der Waals surface area contributed by atoms with Crippen LogP contribution in [-0.4, -0.2) is 64.7 Å². The lowest BCUT2D eigenvalue weighted by Crippen LogP contribution is -2.52. The topological polar surface area (TPSA) is 169 Å². The number of imidazole rings is 1. The number of hydrogen-bond acceptors (Lipinski definition) is 8. The van der Waals surface area contributed by atoms with Crippen molar-refractivity contribution in [3.63, 3.8) is 0 Å². The first-order chi connectivity index (χ1) is 18.6. The van der Waals surface area contributed by atoms with E-state index in [1.807, 2.05) is 19.9 Å². The molecule has 11 nitrogen and oxygen atoms in total. The van der Waals surface area contributed by atoms with E-state index in [4.69, 9.17) is 14.7 Å². The summed E-state index contributed by atoms with van der Waals surface area (Å²) in [6, 6.07) is 15.1. The van der Waals surface area contributed by atoms with Crippen molar-refractivity contribution in [1.29, 1.82) is 5.26 Å². The normalized spacial score (nSPS) is 11.9. The van der Waals surface area contributed by atoms with Gasteiger partial charge in [0.1, 0.15) is 36.0 Å². The number of ether oxygens (including phenoxy) is 2. The average molecular weight is 647 g/mol. The maximum atomic E-state index is 12.7. The zero-order valence-electron chi connectivity index (χ0n) is 21.5. The van der Waals surface area contributed by atoms with Crippen molar-refractivity contribution in [1.82, 2.24) is 20.6 Å². The second-order valence-electron chi connectivity index (χ2n) is 9.32. The Hall–Kier alpha value is -3.67. The number of aliphatic hydroxyl groups excluding tert-OH is 1. The van der Waals surface area contributed by atoms with Crippen LogP contribution in [0.4, 0.5) is 0 Å². The summed E-state index contributed by atoms with van der Waals surface area (Å²) >= 11 is 2.06. The molecule has 1 aromatic heterocycles. The van der Waals surface area contributed by atoms with Crippen LogP contribution >= 0.6 is 22.6 Å². The van der Waals surface area contributed by atoms with Gasteiger partial charge in [-0.3, -0.25) is 9.59 Å². The average Bonchev–Trinajstić information content (AvgIpc) is 3.33. The molecule has 0 aliphatic rings. The highest BCUT2D eigenvalue weighted by Crippen LogP contribution is 2.18. The van der Waals surface area contributed by atoms with Gasteiger partial charge in [-0.2, -0.15) is 5.26 Å². The van der Waals surface area contributed by atoms with Crippen LogP contribution in [0.25, 0.3) is 0 Å². The minimum absolute atomic E-state index is 0.00885. The number of nitriles is 1. The Labute approximate surface area is 239 Å². The number of halogens is 1. The van der Waals surface area contributed by atoms with E-state index >= 15 is 0 Å². The molecule has 39 heavy (non-hydrogen) atoms. The zero-order chi connectivity index (χ0) is 28.4. The Morgan fingerprint density at radius 2 is 1.85 bits per heavy atom. The van der Waals surface area contributed by atoms with E-state index in [-0.39, 0.29) is 43.7 Å². The number of aromatic amines is 2. The van der Waals surface area contributed by atoms with Crippen molar-refractivity contribution in [2.75, 3.05) is 26.3 Å². The molecule has 1 atom stereocenters. The number of carbonyl (C=O) groups excluding carboxylic acids is 2. The van der Waals surface area contributed by atoms with Crippen LogP contribution in [0.3, 0.4) is 0 Å². The first-order valence-electron chi connectivity index (χ1n) is 12.1. The van der Waals surface area contributed by atoms with E-state index in [2.05, 4.69) is 43.2 Å². The summed E-state index contributed by atoms with van der Waals surface area (Å²) < 4.78 is 11.6. The number of amides is 1. The number of rotatable bonds is 14. The standard InChI is InChI=1S/C27H30IN5O6/c1-27(2,31-13-19(34)14-39-22-6-4-3-5-18(22)12-29)16-30-23(35)15-38-20-9-7-17(8-10-20)25(36)24-21(11-28)32-26(37)33-24/h3-10,19,31,34H,11,13-16H2,1-2H3,(H,30,35)(H2,32,33,37)/t19-/m0/s1. The van der Waals surface area contributed by atoms with Gasteiger partial charge in [0.15, 0.2) is 6.61 Å². The predicted octanol–water partition coefficient (Wildman–Crippen LogP) is 2.04. The van der Waals surface area contributed by atoms with Crippen LogP contribution in [-0.2, 0) is 9.22 Å². The van der Waals surface area contributed by atoms with E-state index in [9.17, 15) is 19.5 Å². The van der Waals surface area contributed by atoms with Gasteiger partial charge < -0.3 is 35.2 Å². The number of para-hydroxylation sites is 1. The molecule has 0 aliphatic heterocycles. The van der Waals surface area contributed by atoms with Crippen molar-refractivity contribution in [3.8, 4) is 17.6 Å². The molecule has 5 N–H and O–H groups in total. The van der Waals surface area contributed by atoms with Crippen molar-refractivity contribution >= 4 is 34.3 Å². The van der Waals surface area contributed by atoms with Gasteiger partial charge in [0.25, 0.3) is 5.91 Å². The summed E-state index contributed by atoms with van der Waals surface area (Å²) in [6.07, 6.45) is -0.824. The number of nitrogens with zero attached hydrogens (tertiary/aromatic N) is 1. The number of hydrogen-bond donors (Lipinski definition) is 5. The highest BCUT2D eigenvalue weighted by atomic mass is 127. The third-order valence-electron chi connectivity index (χ3n) is 5.63. The number of β-amino-alcohol motifs (C(OH)–C–C–N with tert-alkyl or cyclic N) is 1. The van der Waals surface area contributed by atoms with E-state index < -0.39 is 17.3 Å². The van der Waals surface area contributed by atoms with Crippen molar-refractivity contribution in [2.24, 2.45) is 0 Å². The quantitative estimate of drug-likeness (QED) is 0.101. The Kier molecular flexibility index (Phi) is 10.7. The number of aliphatic hydroxyl groups is 1. The van der Waals surface area contributed by atoms with E-state index in [0.717, 1.165) is 0 Å². The zero-order valence-corrected chi connectivity index (χ0v) is 23.7. The first-order valence-corrected chi connectivity index (χ1v) is 13.6. The molecule has 0 fully saturated rings. The fraction of sp³-hybridized carbons (Fsp3) is 0.333. The molecule has 1 amide bonds. The van der Waals surface area contributed by atoms with Gasteiger partial charge in [-0.15, -0.1) is 0 Å². The predicted molar refractivity (Wildman–Crippen MR) is 152 cm³/mol. The maximum Gasteiger partial charge on any atom is 0.323 e. The van der Waals surface area contributed by atoms with E-state index in [0.29, 0.717) is 32.7 Å². The molecule has 0 saturated heterocycles. The molecule has 2 aromatic carbocycles. The number of aromatic nitrogens is 2. The van der Waals surface area contributed by atoms with Gasteiger partial charge in [-0.1, -0.05) is 34.7 Å². The number of carbonyl (C=O) groups is 2. The maximum absolute atomic E-state index is 12.7. The van der Waals surface area contributed by atoms with Crippen LogP contribution in [0.1, 0.15) is 41.2 Å². The SMILES string of the molecule is CC(C)(CNC(=O)COc1ccc(C(=O)c2[nH]c(=O)[nH]c2CI)cc1)NC[C@H](O)COc1ccccc1C#N. The number of alkyl halides is 1. The van der Waals surface area contributed by atoms with Gasteiger partial charge in [0, 0.05) is 28.6 Å². The molecule has 0 aliphatic carbocycles. The number of benzene rings is 2. The second-order valence-corrected chi connectivity index (χ2v) is 10.1. The molecule has 12 heteroatoms. The third-order valence-corrected chi connectivity index (χ3v) is 6.40. The lowest BCUT2D eigenvalue weighted by molar-refractivity contribution is -0.123. The fourth-order valence-electron chi connectivity index (χ4n) is 3.47. The molecule has 206 valence electrons. The van der Waals surface area contributed by atoms with Crippen LogP contribution in [0.15, 0.2) is 53.3 Å². The summed E-state index contributed by atoms with van der Waals surface area (Å²) in [5, 5.41) is 25.3. The Balaban J connectivity index is 1.39. The third kappa shape index (κ3) is 8.95. The van der Waals surface area contributed by atoms with Crippen molar-refractivity contribution in [3.05, 3.63) is 81.5 Å². The van der Waals surface area contributed by atoms with Crippen LogP contribution in [0, 0.1) is 11.3 Å². The van der Waals surface area contributed by atoms with Crippen LogP contribution in [0.2, 0.25) is 0 Å². The van der Waals surface area contributed by atoms with Crippen molar-refractivity contribution in [2.45, 2.75) is 29.9 Å². The molecule has 0 saturated carbocycles. The van der Waals surface area contributed by atoms with Gasteiger partial charge in [0.2, 0.25) is 5.78 Å². The summed E-state index contributed by atoms with van der Waals surface area (Å²) in [6.45, 7) is 4.04. The molecule has 0 spiro atoms. The molecule has 3 aromatic rings. The minimum Gasteiger partial charge on any atom is -0.489 e. The molecule has 0 bridgehead atoms. The number of nitrogens with one attached hydrogen (secondary N) is 4. The number of ketones is 1. The molecular weight excluding hydrogens is 617 g/mol. The summed E-state index contributed by atoms with van der Waals surface area (Å²) in [5.74, 6) is 0.173. The van der Waals surface area contributed by atoms with E-state index in [1.54, 1.807) is 48.5 Å². The Morgan fingerprint density at radius 1 is 1.13 bits per heavy atom. The summed E-state index contributed by atoms with van der Waals surface area (Å²) in [5.41, 5.74) is 0.568. The Bertz CT molecular complexity index is 1380. The number of H-pyrrole nitrogens is 2. The molecular formula is C27H30IN5O6. The lowest BCUT2D eigenvalue weighted by Gasteiger charge is -2.28.